The second kappa shape index (κ2) is 6.84. The van der Waals surface area contributed by atoms with E-state index in [9.17, 15) is 4.79 Å². The van der Waals surface area contributed by atoms with Crippen LogP contribution in [0.4, 0.5) is 0 Å². The van der Waals surface area contributed by atoms with Gasteiger partial charge in [-0.15, -0.1) is 0 Å². The minimum atomic E-state index is -0.607. The maximum atomic E-state index is 13.5. The maximum Gasteiger partial charge on any atom is 0.252 e. The fraction of sp³-hybridized carbons (Fsp3) is 0.273. The number of pyridine rings is 1. The van der Waals surface area contributed by atoms with E-state index < -0.39 is 5.54 Å². The van der Waals surface area contributed by atoms with Crippen molar-refractivity contribution in [2.75, 3.05) is 0 Å². The molecule has 3 heterocycles. The molecule has 7 nitrogen and oxygen atoms in total. The molecule has 0 atom stereocenters. The number of aromatic nitrogens is 3. The van der Waals surface area contributed by atoms with Crippen molar-refractivity contribution >= 4 is 16.8 Å². The Bertz CT molecular complexity index is 1170. The van der Waals surface area contributed by atoms with Crippen LogP contribution in [0.3, 0.4) is 0 Å². The fourth-order valence-corrected chi connectivity index (χ4v) is 4.08. The zero-order valence-electron chi connectivity index (χ0n) is 16.0. The van der Waals surface area contributed by atoms with Crippen molar-refractivity contribution in [3.05, 3.63) is 66.0 Å². The van der Waals surface area contributed by atoms with Crippen molar-refractivity contribution in [3.63, 3.8) is 0 Å². The summed E-state index contributed by atoms with van der Waals surface area (Å²) in [5.74, 6) is 1.48. The van der Waals surface area contributed by atoms with Crippen LogP contribution in [0, 0.1) is 6.92 Å². The van der Waals surface area contributed by atoms with Crippen molar-refractivity contribution in [2.24, 2.45) is 0 Å². The zero-order valence-corrected chi connectivity index (χ0v) is 16.0. The van der Waals surface area contributed by atoms with Crippen LogP contribution in [0.25, 0.3) is 22.4 Å². The monoisotopic (exact) mass is 388 g/mol. The molecule has 0 radical (unpaired) electrons. The molecule has 146 valence electrons. The van der Waals surface area contributed by atoms with E-state index in [2.05, 4.69) is 20.4 Å². The van der Waals surface area contributed by atoms with Gasteiger partial charge in [-0.1, -0.05) is 36.2 Å². The third-order valence-electron chi connectivity index (χ3n) is 5.50. The SMILES string of the molecule is Cc1nc(C2(NC(=O)c3cc(-c4ccco4)nc4ccccc34)CCCC2)no1. The molecular weight excluding hydrogens is 368 g/mol. The van der Waals surface area contributed by atoms with E-state index in [0.717, 1.165) is 36.6 Å². The van der Waals surface area contributed by atoms with Gasteiger partial charge in [-0.25, -0.2) is 4.98 Å². The largest absolute Gasteiger partial charge is 0.463 e. The first-order chi connectivity index (χ1) is 14.1. The topological polar surface area (TPSA) is 94.1 Å². The average molecular weight is 388 g/mol. The lowest BCUT2D eigenvalue weighted by Crippen LogP contribution is -2.44. The number of fused-ring (bicyclic) bond motifs is 1. The highest BCUT2D eigenvalue weighted by Gasteiger charge is 2.41. The Hall–Kier alpha value is -3.48. The molecule has 0 aliphatic heterocycles. The number of aryl methyl sites for hydroxylation is 1. The van der Waals surface area contributed by atoms with Crippen LogP contribution in [0.2, 0.25) is 0 Å². The fourth-order valence-electron chi connectivity index (χ4n) is 4.08. The summed E-state index contributed by atoms with van der Waals surface area (Å²) in [5.41, 5.74) is 1.30. The van der Waals surface area contributed by atoms with Gasteiger partial charge < -0.3 is 14.3 Å². The molecule has 4 aromatic rings. The van der Waals surface area contributed by atoms with Gasteiger partial charge in [0.05, 0.1) is 17.3 Å². The molecule has 0 bridgehead atoms. The lowest BCUT2D eigenvalue weighted by Gasteiger charge is -2.27. The number of rotatable bonds is 4. The standard InChI is InChI=1S/C22H20N4O3/c1-14-23-21(26-29-14)22(10-4-5-11-22)25-20(27)16-13-18(19-9-6-12-28-19)24-17-8-3-2-7-15(16)17/h2-3,6-9,12-13H,4-5,10-11H2,1H3,(H,25,27). The molecule has 1 saturated carbocycles. The Morgan fingerprint density at radius 1 is 1.10 bits per heavy atom. The minimum Gasteiger partial charge on any atom is -0.463 e. The first kappa shape index (κ1) is 17.6. The van der Waals surface area contributed by atoms with Gasteiger partial charge >= 0.3 is 0 Å². The Balaban J connectivity index is 1.58. The first-order valence-electron chi connectivity index (χ1n) is 9.72. The van der Waals surface area contributed by atoms with Gasteiger partial charge in [0.2, 0.25) is 5.89 Å². The Labute approximate surface area is 167 Å². The lowest BCUT2D eigenvalue weighted by molar-refractivity contribution is 0.0893. The molecule has 7 heteroatoms. The van der Waals surface area contributed by atoms with Crippen LogP contribution in [0.15, 0.2) is 57.7 Å². The summed E-state index contributed by atoms with van der Waals surface area (Å²) >= 11 is 0. The summed E-state index contributed by atoms with van der Waals surface area (Å²) in [4.78, 5) is 22.5. The molecule has 3 aromatic heterocycles. The Morgan fingerprint density at radius 3 is 2.66 bits per heavy atom. The number of nitrogens with zero attached hydrogens (tertiary/aromatic N) is 3. The molecule has 29 heavy (non-hydrogen) atoms. The summed E-state index contributed by atoms with van der Waals surface area (Å²) in [7, 11) is 0. The number of hydrogen-bond donors (Lipinski definition) is 1. The molecule has 1 N–H and O–H groups in total. The zero-order chi connectivity index (χ0) is 19.8. The number of furan rings is 1. The average Bonchev–Trinajstić information content (AvgIpc) is 3.49. The third-order valence-corrected chi connectivity index (χ3v) is 5.50. The summed E-state index contributed by atoms with van der Waals surface area (Å²) in [5, 5.41) is 8.12. The Morgan fingerprint density at radius 2 is 1.93 bits per heavy atom. The summed E-state index contributed by atoms with van der Waals surface area (Å²) in [6, 6.07) is 13.0. The number of nitrogens with one attached hydrogen (secondary N) is 1. The summed E-state index contributed by atoms with van der Waals surface area (Å²) in [6.45, 7) is 1.76. The van der Waals surface area contributed by atoms with Crippen LogP contribution >= 0.6 is 0 Å². The molecule has 1 aliphatic rings. The van der Waals surface area contributed by atoms with E-state index in [-0.39, 0.29) is 5.91 Å². The number of carbonyl (C=O) groups excluding carboxylic acids is 1. The van der Waals surface area contributed by atoms with Crippen molar-refractivity contribution < 1.29 is 13.7 Å². The van der Waals surface area contributed by atoms with Gasteiger partial charge in [0.25, 0.3) is 5.91 Å². The van der Waals surface area contributed by atoms with Gasteiger partial charge in [-0.3, -0.25) is 4.79 Å². The van der Waals surface area contributed by atoms with Crippen LogP contribution < -0.4 is 5.32 Å². The quantitative estimate of drug-likeness (QED) is 0.557. The van der Waals surface area contributed by atoms with Crippen molar-refractivity contribution in [3.8, 4) is 11.5 Å². The van der Waals surface area contributed by atoms with Crippen molar-refractivity contribution in [2.45, 2.75) is 38.1 Å². The molecule has 1 aromatic carbocycles. The predicted molar refractivity (Wildman–Crippen MR) is 106 cm³/mol. The number of para-hydroxylation sites is 1. The molecule has 1 fully saturated rings. The van der Waals surface area contributed by atoms with E-state index in [1.807, 2.05) is 30.3 Å². The van der Waals surface area contributed by atoms with Gasteiger partial charge in [-0.05, 0) is 37.1 Å². The summed E-state index contributed by atoms with van der Waals surface area (Å²) < 4.78 is 10.7. The number of amides is 1. The molecular formula is C22H20N4O3. The van der Waals surface area contributed by atoms with Crippen molar-refractivity contribution in [1.29, 1.82) is 0 Å². The highest BCUT2D eigenvalue weighted by atomic mass is 16.5. The predicted octanol–water partition coefficient (Wildman–Crippen LogP) is 4.39. The van der Waals surface area contributed by atoms with Crippen LogP contribution in [0.5, 0.6) is 0 Å². The molecule has 1 amide bonds. The van der Waals surface area contributed by atoms with Crippen LogP contribution in [-0.2, 0) is 5.54 Å². The smallest absolute Gasteiger partial charge is 0.252 e. The summed E-state index contributed by atoms with van der Waals surface area (Å²) in [6.07, 6.45) is 5.17. The highest BCUT2D eigenvalue weighted by molar-refractivity contribution is 6.07. The maximum absolute atomic E-state index is 13.5. The normalized spacial score (nSPS) is 15.6. The molecule has 1 aliphatic carbocycles. The van der Waals surface area contributed by atoms with Gasteiger partial charge in [-0.2, -0.15) is 4.98 Å². The minimum absolute atomic E-state index is 0.180. The van der Waals surface area contributed by atoms with Crippen molar-refractivity contribution in [1.82, 2.24) is 20.4 Å². The van der Waals surface area contributed by atoms with E-state index >= 15 is 0 Å². The van der Waals surface area contributed by atoms with Crippen LogP contribution in [-0.4, -0.2) is 21.0 Å². The van der Waals surface area contributed by atoms with Gasteiger partial charge in [0, 0.05) is 12.3 Å². The van der Waals surface area contributed by atoms with Gasteiger partial charge in [0.1, 0.15) is 11.2 Å². The molecule has 0 unspecified atom stereocenters. The number of benzene rings is 1. The second-order valence-corrected chi connectivity index (χ2v) is 7.43. The molecule has 5 rings (SSSR count). The van der Waals surface area contributed by atoms with E-state index in [0.29, 0.717) is 28.7 Å². The van der Waals surface area contributed by atoms with E-state index in [1.54, 1.807) is 25.3 Å². The van der Waals surface area contributed by atoms with E-state index in [4.69, 9.17) is 8.94 Å². The number of carbonyl (C=O) groups is 1. The second-order valence-electron chi connectivity index (χ2n) is 7.43. The lowest BCUT2D eigenvalue weighted by atomic mass is 9.95. The third kappa shape index (κ3) is 3.08. The highest BCUT2D eigenvalue weighted by Crippen LogP contribution is 2.38. The van der Waals surface area contributed by atoms with E-state index in [1.165, 1.54) is 0 Å². The number of hydrogen-bond acceptors (Lipinski definition) is 6. The molecule has 0 spiro atoms. The van der Waals surface area contributed by atoms with Gasteiger partial charge in [0.15, 0.2) is 11.6 Å². The Kier molecular flexibility index (Phi) is 4.16. The first-order valence-corrected chi connectivity index (χ1v) is 9.72. The van der Waals surface area contributed by atoms with Crippen LogP contribution in [0.1, 0.15) is 47.8 Å². The molecule has 0 saturated heterocycles.